The quantitative estimate of drug-likeness (QED) is 0.876. The van der Waals surface area contributed by atoms with Crippen LogP contribution in [-0.4, -0.2) is 47.3 Å². The summed E-state index contributed by atoms with van der Waals surface area (Å²) in [6, 6.07) is 6.41. The summed E-state index contributed by atoms with van der Waals surface area (Å²) in [5.41, 5.74) is 0.243. The number of rotatable bonds is 4. The van der Waals surface area contributed by atoms with E-state index in [-0.39, 0.29) is 35.3 Å². The Labute approximate surface area is 150 Å². The molecule has 0 unspecified atom stereocenters. The number of carbonyl (C=O) groups excluding carboxylic acids is 3. The van der Waals surface area contributed by atoms with Crippen LogP contribution in [0.25, 0.3) is 0 Å². The van der Waals surface area contributed by atoms with Crippen LogP contribution in [0.15, 0.2) is 24.3 Å². The first-order valence-electron chi connectivity index (χ1n) is 8.27. The van der Waals surface area contributed by atoms with Crippen molar-refractivity contribution in [2.75, 3.05) is 13.6 Å². The van der Waals surface area contributed by atoms with E-state index in [2.05, 4.69) is 10.6 Å². The van der Waals surface area contributed by atoms with Gasteiger partial charge in [-0.2, -0.15) is 0 Å². The average Bonchev–Trinajstić information content (AvgIpc) is 2.42. The van der Waals surface area contributed by atoms with Crippen molar-refractivity contribution in [3.8, 4) is 0 Å². The van der Waals surface area contributed by atoms with Crippen LogP contribution in [0.4, 0.5) is 0 Å². The Bertz CT molecular complexity index is 637. The smallest absolute Gasteiger partial charge is 0.254 e. The van der Waals surface area contributed by atoms with Gasteiger partial charge in [0, 0.05) is 29.3 Å². The van der Waals surface area contributed by atoms with Crippen LogP contribution in [0.5, 0.6) is 0 Å². The van der Waals surface area contributed by atoms with Gasteiger partial charge in [0.05, 0.1) is 6.54 Å². The van der Waals surface area contributed by atoms with Gasteiger partial charge in [-0.1, -0.05) is 0 Å². The van der Waals surface area contributed by atoms with E-state index >= 15 is 0 Å². The number of hydrogen-bond donors (Lipinski definition) is 2. The lowest BCUT2D eigenvalue weighted by Crippen LogP contribution is -2.46. The van der Waals surface area contributed by atoms with Gasteiger partial charge in [-0.25, -0.2) is 0 Å². The zero-order valence-corrected chi connectivity index (χ0v) is 16.2. The summed E-state index contributed by atoms with van der Waals surface area (Å²) in [7, 11) is 1.57. The molecule has 0 radical (unpaired) electrons. The molecule has 6 heteroatoms. The predicted octanol–water partition coefficient (Wildman–Crippen LogP) is 2.20. The maximum absolute atomic E-state index is 12.4. The molecule has 0 heterocycles. The van der Waals surface area contributed by atoms with E-state index < -0.39 is 0 Å². The topological polar surface area (TPSA) is 78.5 Å². The molecule has 0 aliphatic rings. The molecule has 1 aromatic carbocycles. The number of nitrogens with zero attached hydrogens (tertiary/aromatic N) is 1. The summed E-state index contributed by atoms with van der Waals surface area (Å²) in [6.45, 7) is 11.3. The molecule has 2 N–H and O–H groups in total. The standard InChI is InChI=1S/C19H29N3O3/c1-18(2,3)20-15(23)12-22(7)17(25)14-10-8-13(9-11-14)16(24)21-19(4,5)6/h8-11H,12H2,1-7H3,(H,20,23)(H,21,24). The number of nitrogens with one attached hydrogen (secondary N) is 2. The summed E-state index contributed by atoms with van der Waals surface area (Å²) in [5.74, 6) is -0.680. The molecule has 0 aliphatic heterocycles. The van der Waals surface area contributed by atoms with Gasteiger partial charge in [0.2, 0.25) is 5.91 Å². The number of carbonyl (C=O) groups is 3. The summed E-state index contributed by atoms with van der Waals surface area (Å²) >= 11 is 0. The van der Waals surface area contributed by atoms with Crippen molar-refractivity contribution >= 4 is 17.7 Å². The lowest BCUT2D eigenvalue weighted by Gasteiger charge is -2.23. The van der Waals surface area contributed by atoms with E-state index in [4.69, 9.17) is 0 Å². The molecule has 3 amide bonds. The van der Waals surface area contributed by atoms with E-state index in [0.29, 0.717) is 11.1 Å². The van der Waals surface area contributed by atoms with E-state index in [0.717, 1.165) is 0 Å². The van der Waals surface area contributed by atoms with Crippen molar-refractivity contribution in [3.05, 3.63) is 35.4 Å². The molecule has 6 nitrogen and oxygen atoms in total. The number of benzene rings is 1. The molecular weight excluding hydrogens is 318 g/mol. The van der Waals surface area contributed by atoms with E-state index in [1.807, 2.05) is 41.5 Å². The highest BCUT2D eigenvalue weighted by Crippen LogP contribution is 2.09. The normalized spacial score (nSPS) is 11.6. The first-order chi connectivity index (χ1) is 11.3. The Morgan fingerprint density at radius 1 is 0.840 bits per heavy atom. The van der Waals surface area contributed by atoms with Gasteiger partial charge < -0.3 is 15.5 Å². The van der Waals surface area contributed by atoms with Gasteiger partial charge in [-0.3, -0.25) is 14.4 Å². The van der Waals surface area contributed by atoms with Crippen LogP contribution >= 0.6 is 0 Å². The molecule has 138 valence electrons. The van der Waals surface area contributed by atoms with E-state index in [9.17, 15) is 14.4 Å². The minimum atomic E-state index is -0.344. The Balaban J connectivity index is 2.73. The third-order valence-corrected chi connectivity index (χ3v) is 3.12. The van der Waals surface area contributed by atoms with Gasteiger partial charge >= 0.3 is 0 Å². The van der Waals surface area contributed by atoms with Crippen LogP contribution in [0, 0.1) is 0 Å². The Hall–Kier alpha value is -2.37. The van der Waals surface area contributed by atoms with Gasteiger partial charge in [-0.15, -0.1) is 0 Å². The third kappa shape index (κ3) is 7.37. The highest BCUT2D eigenvalue weighted by Gasteiger charge is 2.20. The molecule has 0 aliphatic carbocycles. The second kappa shape index (κ2) is 7.68. The molecule has 0 fully saturated rings. The van der Waals surface area contributed by atoms with Crippen molar-refractivity contribution in [2.45, 2.75) is 52.6 Å². The van der Waals surface area contributed by atoms with Gasteiger partial charge in [0.25, 0.3) is 11.8 Å². The van der Waals surface area contributed by atoms with Crippen LogP contribution < -0.4 is 10.6 Å². The van der Waals surface area contributed by atoms with Crippen molar-refractivity contribution in [1.82, 2.24) is 15.5 Å². The monoisotopic (exact) mass is 347 g/mol. The first-order valence-corrected chi connectivity index (χ1v) is 8.27. The number of amides is 3. The third-order valence-electron chi connectivity index (χ3n) is 3.12. The summed E-state index contributed by atoms with van der Waals surface area (Å²) in [5, 5.41) is 5.68. The van der Waals surface area contributed by atoms with Crippen molar-refractivity contribution in [3.63, 3.8) is 0 Å². The minimum absolute atomic E-state index is 0.0254. The highest BCUT2D eigenvalue weighted by molar-refractivity contribution is 5.99. The van der Waals surface area contributed by atoms with Gasteiger partial charge in [0.1, 0.15) is 0 Å². The summed E-state index contributed by atoms with van der Waals surface area (Å²) in [4.78, 5) is 37.8. The van der Waals surface area contributed by atoms with Crippen LogP contribution in [-0.2, 0) is 4.79 Å². The molecule has 0 bridgehead atoms. The second-order valence-electron chi connectivity index (χ2n) is 8.24. The summed E-state index contributed by atoms with van der Waals surface area (Å²) in [6.07, 6.45) is 0. The molecule has 0 saturated carbocycles. The zero-order chi connectivity index (χ0) is 19.4. The van der Waals surface area contributed by atoms with Gasteiger partial charge in [0.15, 0.2) is 0 Å². The molecule has 25 heavy (non-hydrogen) atoms. The zero-order valence-electron chi connectivity index (χ0n) is 16.2. The van der Waals surface area contributed by atoms with E-state index in [1.54, 1.807) is 31.3 Å². The lowest BCUT2D eigenvalue weighted by atomic mass is 10.1. The minimum Gasteiger partial charge on any atom is -0.350 e. The van der Waals surface area contributed by atoms with Crippen molar-refractivity contribution in [2.24, 2.45) is 0 Å². The predicted molar refractivity (Wildman–Crippen MR) is 98.5 cm³/mol. The fourth-order valence-corrected chi connectivity index (χ4v) is 2.14. The lowest BCUT2D eigenvalue weighted by molar-refractivity contribution is -0.122. The molecule has 1 aromatic rings. The molecule has 0 atom stereocenters. The van der Waals surface area contributed by atoms with Gasteiger partial charge in [-0.05, 0) is 65.8 Å². The number of likely N-dealkylation sites (N-methyl/N-ethyl adjacent to an activating group) is 1. The maximum Gasteiger partial charge on any atom is 0.254 e. The van der Waals surface area contributed by atoms with Crippen LogP contribution in [0.2, 0.25) is 0 Å². The Morgan fingerprint density at radius 3 is 1.72 bits per heavy atom. The Kier molecular flexibility index (Phi) is 6.35. The number of hydrogen-bond acceptors (Lipinski definition) is 3. The largest absolute Gasteiger partial charge is 0.350 e. The Morgan fingerprint density at radius 2 is 1.28 bits per heavy atom. The average molecular weight is 347 g/mol. The maximum atomic E-state index is 12.4. The fraction of sp³-hybridized carbons (Fsp3) is 0.526. The SMILES string of the molecule is CN(CC(=O)NC(C)(C)C)C(=O)c1ccc(C(=O)NC(C)(C)C)cc1. The summed E-state index contributed by atoms with van der Waals surface area (Å²) < 4.78 is 0. The fourth-order valence-electron chi connectivity index (χ4n) is 2.14. The van der Waals surface area contributed by atoms with Crippen LogP contribution in [0.3, 0.4) is 0 Å². The molecule has 0 saturated heterocycles. The van der Waals surface area contributed by atoms with Crippen molar-refractivity contribution in [1.29, 1.82) is 0 Å². The first kappa shape index (κ1) is 20.7. The molecule has 0 aromatic heterocycles. The second-order valence-corrected chi connectivity index (χ2v) is 8.24. The molecule has 0 spiro atoms. The molecule has 1 rings (SSSR count). The van der Waals surface area contributed by atoms with Crippen molar-refractivity contribution < 1.29 is 14.4 Å². The van der Waals surface area contributed by atoms with Crippen LogP contribution in [0.1, 0.15) is 62.3 Å². The highest BCUT2D eigenvalue weighted by atomic mass is 16.2. The molecular formula is C19H29N3O3. The van der Waals surface area contributed by atoms with E-state index in [1.165, 1.54) is 4.90 Å².